The Labute approximate surface area is 163 Å². The Hall–Kier alpha value is -2.52. The number of hydrogen-bond donors (Lipinski definition) is 1. The van der Waals surface area contributed by atoms with Gasteiger partial charge in [0.2, 0.25) is 0 Å². The van der Waals surface area contributed by atoms with E-state index in [0.29, 0.717) is 5.11 Å². The summed E-state index contributed by atoms with van der Waals surface area (Å²) in [5, 5.41) is 19.0. The number of nitro benzene ring substituents is 1. The molecule has 9 heteroatoms. The van der Waals surface area contributed by atoms with Crippen LogP contribution in [0.25, 0.3) is 0 Å². The molecule has 1 aromatic carbocycles. The number of rotatable bonds is 4. The molecule has 0 unspecified atom stereocenters. The minimum Gasteiger partial charge on any atom is -0.346 e. The third kappa shape index (κ3) is 4.42. The molecule has 0 bridgehead atoms. The van der Waals surface area contributed by atoms with E-state index < -0.39 is 4.92 Å². The molecule has 0 amide bonds. The minimum atomic E-state index is -0.410. The molecule has 2 aromatic rings. The Balaban J connectivity index is 1.52. The van der Waals surface area contributed by atoms with Crippen LogP contribution >= 0.6 is 12.2 Å². The van der Waals surface area contributed by atoms with Gasteiger partial charge in [0.05, 0.1) is 10.6 Å². The van der Waals surface area contributed by atoms with Crippen molar-refractivity contribution < 1.29 is 4.92 Å². The third-order valence-electron chi connectivity index (χ3n) is 5.03. The van der Waals surface area contributed by atoms with Crippen molar-refractivity contribution in [2.45, 2.75) is 20.4 Å². The Kier molecular flexibility index (Phi) is 5.71. The first-order valence-corrected chi connectivity index (χ1v) is 9.28. The summed E-state index contributed by atoms with van der Waals surface area (Å²) in [6.45, 7) is 8.61. The van der Waals surface area contributed by atoms with Gasteiger partial charge in [-0.3, -0.25) is 19.7 Å². The number of nitrogens with zero attached hydrogens (tertiary/aromatic N) is 5. The number of benzene rings is 1. The average Bonchev–Trinajstić information content (AvgIpc) is 2.89. The van der Waals surface area contributed by atoms with Crippen molar-refractivity contribution in [1.29, 1.82) is 0 Å². The number of hydrogen-bond acceptors (Lipinski definition) is 5. The molecular formula is C18H24N6O2S. The summed E-state index contributed by atoms with van der Waals surface area (Å²) in [5.41, 5.74) is 4.44. The van der Waals surface area contributed by atoms with Crippen LogP contribution in [0.1, 0.15) is 17.0 Å². The minimum absolute atomic E-state index is 0.0704. The summed E-state index contributed by atoms with van der Waals surface area (Å²) in [5.74, 6) is 0. The molecule has 0 aliphatic carbocycles. The van der Waals surface area contributed by atoms with Gasteiger partial charge < -0.3 is 10.2 Å². The fourth-order valence-corrected chi connectivity index (χ4v) is 3.55. The number of non-ortho nitro benzene ring substituents is 1. The van der Waals surface area contributed by atoms with Gasteiger partial charge in [0.1, 0.15) is 0 Å². The molecule has 1 aliphatic rings. The van der Waals surface area contributed by atoms with Crippen LogP contribution in [0.5, 0.6) is 0 Å². The summed E-state index contributed by atoms with van der Waals surface area (Å²) in [7, 11) is 1.98. The van der Waals surface area contributed by atoms with Crippen LogP contribution in [0, 0.1) is 24.0 Å². The van der Waals surface area contributed by atoms with Crippen LogP contribution in [0.2, 0.25) is 0 Å². The lowest BCUT2D eigenvalue weighted by atomic mass is 10.1. The standard InChI is InChI=1S/C18H24N6O2S/c1-13-17(14(2)21(3)20-13)12-22-8-10-23(11-9-22)18(27)19-15-4-6-16(7-5-15)24(25)26/h4-7H,8-12H2,1-3H3,(H,19,27). The van der Waals surface area contributed by atoms with Crippen molar-refractivity contribution in [2.24, 2.45) is 7.05 Å². The highest BCUT2D eigenvalue weighted by molar-refractivity contribution is 7.80. The summed E-state index contributed by atoms with van der Waals surface area (Å²) in [4.78, 5) is 14.9. The molecule has 0 radical (unpaired) electrons. The van der Waals surface area contributed by atoms with Gasteiger partial charge in [-0.15, -0.1) is 0 Å². The monoisotopic (exact) mass is 388 g/mol. The number of thiocarbonyl (C=S) groups is 1. The van der Waals surface area contributed by atoms with Crippen molar-refractivity contribution in [2.75, 3.05) is 31.5 Å². The van der Waals surface area contributed by atoms with E-state index in [4.69, 9.17) is 12.2 Å². The van der Waals surface area contributed by atoms with E-state index in [1.165, 1.54) is 23.4 Å². The largest absolute Gasteiger partial charge is 0.346 e. The van der Waals surface area contributed by atoms with Gasteiger partial charge >= 0.3 is 0 Å². The van der Waals surface area contributed by atoms with E-state index in [2.05, 4.69) is 34.1 Å². The van der Waals surface area contributed by atoms with E-state index in [1.807, 2.05) is 11.7 Å². The third-order valence-corrected chi connectivity index (χ3v) is 5.39. The second-order valence-electron chi connectivity index (χ2n) is 6.77. The molecule has 27 heavy (non-hydrogen) atoms. The summed E-state index contributed by atoms with van der Waals surface area (Å²) in [6.07, 6.45) is 0. The normalized spacial score (nSPS) is 15.0. The van der Waals surface area contributed by atoms with E-state index in [0.717, 1.165) is 44.1 Å². The number of nitrogens with one attached hydrogen (secondary N) is 1. The van der Waals surface area contributed by atoms with E-state index in [9.17, 15) is 10.1 Å². The van der Waals surface area contributed by atoms with E-state index >= 15 is 0 Å². The lowest BCUT2D eigenvalue weighted by molar-refractivity contribution is -0.384. The lowest BCUT2D eigenvalue weighted by Gasteiger charge is -2.36. The second kappa shape index (κ2) is 8.01. The number of aromatic nitrogens is 2. The van der Waals surface area contributed by atoms with Crippen LogP contribution in [0.3, 0.4) is 0 Å². The van der Waals surface area contributed by atoms with Gasteiger partial charge in [0.25, 0.3) is 5.69 Å². The predicted octanol–water partition coefficient (Wildman–Crippen LogP) is 2.46. The average molecular weight is 388 g/mol. The van der Waals surface area contributed by atoms with Crippen LogP contribution in [0.15, 0.2) is 24.3 Å². The molecule has 1 aromatic heterocycles. The number of piperazine rings is 1. The highest BCUT2D eigenvalue weighted by atomic mass is 32.1. The van der Waals surface area contributed by atoms with Gasteiger partial charge in [-0.05, 0) is 38.2 Å². The van der Waals surface area contributed by atoms with Crippen LogP contribution in [-0.2, 0) is 13.6 Å². The molecule has 1 aliphatic heterocycles. The first-order chi connectivity index (χ1) is 12.8. The Morgan fingerprint density at radius 3 is 2.37 bits per heavy atom. The first-order valence-electron chi connectivity index (χ1n) is 8.87. The Morgan fingerprint density at radius 2 is 1.85 bits per heavy atom. The SMILES string of the molecule is Cc1nn(C)c(C)c1CN1CCN(C(=S)Nc2ccc([N+](=O)[O-])cc2)CC1. The van der Waals surface area contributed by atoms with Gasteiger partial charge in [-0.2, -0.15) is 5.10 Å². The molecule has 1 saturated heterocycles. The number of anilines is 1. The zero-order valence-electron chi connectivity index (χ0n) is 15.8. The van der Waals surface area contributed by atoms with Gasteiger partial charge in [-0.25, -0.2) is 0 Å². The van der Waals surface area contributed by atoms with Crippen molar-refractivity contribution in [3.63, 3.8) is 0 Å². The molecule has 3 rings (SSSR count). The molecule has 0 saturated carbocycles. The van der Waals surface area contributed by atoms with Crippen molar-refractivity contribution in [1.82, 2.24) is 19.6 Å². The molecule has 0 spiro atoms. The van der Waals surface area contributed by atoms with Crippen molar-refractivity contribution in [3.8, 4) is 0 Å². The fraction of sp³-hybridized carbons (Fsp3) is 0.444. The summed E-state index contributed by atoms with van der Waals surface area (Å²) >= 11 is 5.50. The number of nitro groups is 1. The Bertz CT molecular complexity index is 840. The molecule has 1 fully saturated rings. The fourth-order valence-electron chi connectivity index (χ4n) is 3.25. The first kappa shape index (κ1) is 19.2. The van der Waals surface area contributed by atoms with Gasteiger partial charge in [0, 0.05) is 68.8 Å². The molecule has 1 N–H and O–H groups in total. The van der Waals surface area contributed by atoms with Crippen LogP contribution < -0.4 is 5.32 Å². The predicted molar refractivity (Wildman–Crippen MR) is 109 cm³/mol. The van der Waals surface area contributed by atoms with E-state index in [1.54, 1.807) is 12.1 Å². The number of aryl methyl sites for hydroxylation is 2. The smallest absolute Gasteiger partial charge is 0.269 e. The Morgan fingerprint density at radius 1 is 1.22 bits per heavy atom. The lowest BCUT2D eigenvalue weighted by Crippen LogP contribution is -2.49. The second-order valence-corrected chi connectivity index (χ2v) is 7.16. The maximum Gasteiger partial charge on any atom is 0.269 e. The molecule has 8 nitrogen and oxygen atoms in total. The maximum atomic E-state index is 10.7. The molecule has 144 valence electrons. The quantitative estimate of drug-likeness (QED) is 0.490. The molecular weight excluding hydrogens is 364 g/mol. The molecule has 2 heterocycles. The molecule has 0 atom stereocenters. The highest BCUT2D eigenvalue weighted by Crippen LogP contribution is 2.18. The topological polar surface area (TPSA) is 79.5 Å². The van der Waals surface area contributed by atoms with Gasteiger partial charge in [-0.1, -0.05) is 0 Å². The maximum absolute atomic E-state index is 10.7. The van der Waals surface area contributed by atoms with Crippen LogP contribution in [-0.4, -0.2) is 55.8 Å². The highest BCUT2D eigenvalue weighted by Gasteiger charge is 2.21. The van der Waals surface area contributed by atoms with Gasteiger partial charge in [0.15, 0.2) is 5.11 Å². The van der Waals surface area contributed by atoms with Crippen molar-refractivity contribution in [3.05, 3.63) is 51.3 Å². The summed E-state index contributed by atoms with van der Waals surface area (Å²) < 4.78 is 1.93. The summed E-state index contributed by atoms with van der Waals surface area (Å²) in [6, 6.07) is 6.30. The van der Waals surface area contributed by atoms with Crippen LogP contribution in [0.4, 0.5) is 11.4 Å². The zero-order valence-corrected chi connectivity index (χ0v) is 16.6. The zero-order chi connectivity index (χ0) is 19.6. The van der Waals surface area contributed by atoms with Crippen molar-refractivity contribution >= 4 is 28.7 Å². The van der Waals surface area contributed by atoms with E-state index in [-0.39, 0.29) is 5.69 Å².